The lowest BCUT2D eigenvalue weighted by Crippen LogP contribution is -2.28. The SMILES string of the molecule is CN(C)CCN=C1CC(=O)c2oc(Cc3ccccc3)nc2C1=O. The molecular weight excluding hydrogens is 306 g/mol. The van der Waals surface area contributed by atoms with Gasteiger partial charge < -0.3 is 9.32 Å². The van der Waals surface area contributed by atoms with Gasteiger partial charge in [0.15, 0.2) is 11.6 Å². The summed E-state index contributed by atoms with van der Waals surface area (Å²) in [5, 5.41) is 0. The molecule has 1 aliphatic carbocycles. The van der Waals surface area contributed by atoms with Crippen LogP contribution in [0.5, 0.6) is 0 Å². The lowest BCUT2D eigenvalue weighted by Gasteiger charge is -2.11. The Hall–Kier alpha value is -2.60. The zero-order valence-electron chi connectivity index (χ0n) is 13.8. The molecule has 0 aliphatic heterocycles. The van der Waals surface area contributed by atoms with Crippen LogP contribution >= 0.6 is 0 Å². The number of rotatable bonds is 5. The van der Waals surface area contributed by atoms with Crippen LogP contribution in [-0.2, 0) is 6.42 Å². The number of benzene rings is 1. The molecule has 124 valence electrons. The smallest absolute Gasteiger partial charge is 0.229 e. The van der Waals surface area contributed by atoms with Crippen LogP contribution in [0.4, 0.5) is 0 Å². The predicted molar refractivity (Wildman–Crippen MR) is 89.9 cm³/mol. The molecule has 1 aromatic carbocycles. The normalized spacial score (nSPS) is 16.0. The van der Waals surface area contributed by atoms with Crippen molar-refractivity contribution in [2.75, 3.05) is 27.2 Å². The van der Waals surface area contributed by atoms with Crippen LogP contribution in [-0.4, -0.2) is 54.3 Å². The summed E-state index contributed by atoms with van der Waals surface area (Å²) in [6, 6.07) is 9.66. The van der Waals surface area contributed by atoms with Crippen molar-refractivity contribution < 1.29 is 14.0 Å². The van der Waals surface area contributed by atoms with Crippen LogP contribution in [0.1, 0.15) is 38.9 Å². The number of hydrogen-bond donors (Lipinski definition) is 0. The fraction of sp³-hybridized carbons (Fsp3) is 0.333. The second-order valence-electron chi connectivity index (χ2n) is 6.01. The minimum absolute atomic E-state index is 0.0147. The third-order valence-corrected chi connectivity index (χ3v) is 3.78. The number of carbonyl (C=O) groups is 2. The van der Waals surface area contributed by atoms with E-state index in [2.05, 4.69) is 9.98 Å². The summed E-state index contributed by atoms with van der Waals surface area (Å²) in [5.74, 6) is -0.0913. The van der Waals surface area contributed by atoms with E-state index < -0.39 is 0 Å². The molecule has 3 rings (SSSR count). The first-order chi connectivity index (χ1) is 11.5. The molecular formula is C18H19N3O3. The molecule has 6 nitrogen and oxygen atoms in total. The standard InChI is InChI=1S/C18H19N3O3/c1-21(2)9-8-19-13-11-14(22)18-16(17(13)23)20-15(24-18)10-12-6-4-3-5-7-12/h3-7H,8-11H2,1-2H3. The van der Waals surface area contributed by atoms with Crippen LogP contribution in [0, 0.1) is 0 Å². The Bertz CT molecular complexity index is 791. The van der Waals surface area contributed by atoms with Crippen LogP contribution < -0.4 is 0 Å². The molecule has 0 radical (unpaired) electrons. The van der Waals surface area contributed by atoms with Gasteiger partial charge in [0.25, 0.3) is 0 Å². The van der Waals surface area contributed by atoms with Crippen molar-refractivity contribution in [2.24, 2.45) is 4.99 Å². The summed E-state index contributed by atoms with van der Waals surface area (Å²) in [6.07, 6.45) is 0.431. The highest BCUT2D eigenvalue weighted by Gasteiger charge is 2.34. The van der Waals surface area contributed by atoms with Gasteiger partial charge in [0.2, 0.25) is 17.3 Å². The Morgan fingerprint density at radius 2 is 1.96 bits per heavy atom. The Morgan fingerprint density at radius 3 is 2.67 bits per heavy atom. The first-order valence-electron chi connectivity index (χ1n) is 7.84. The fourth-order valence-corrected chi connectivity index (χ4v) is 2.52. The molecule has 0 amide bonds. The minimum Gasteiger partial charge on any atom is -0.436 e. The van der Waals surface area contributed by atoms with Gasteiger partial charge in [-0.15, -0.1) is 0 Å². The zero-order chi connectivity index (χ0) is 17.1. The molecule has 24 heavy (non-hydrogen) atoms. The number of fused-ring (bicyclic) bond motifs is 1. The molecule has 2 aromatic rings. The quantitative estimate of drug-likeness (QED) is 0.841. The monoisotopic (exact) mass is 325 g/mol. The first kappa shape index (κ1) is 16.3. The average Bonchev–Trinajstić information content (AvgIpc) is 2.97. The number of ketones is 2. The fourth-order valence-electron chi connectivity index (χ4n) is 2.52. The highest BCUT2D eigenvalue weighted by Crippen LogP contribution is 2.22. The molecule has 1 aromatic heterocycles. The van der Waals surface area contributed by atoms with Gasteiger partial charge in [0.1, 0.15) is 0 Å². The largest absolute Gasteiger partial charge is 0.436 e. The molecule has 0 bridgehead atoms. The van der Waals surface area contributed by atoms with Crippen molar-refractivity contribution in [1.29, 1.82) is 0 Å². The average molecular weight is 325 g/mol. The second kappa shape index (κ2) is 6.88. The Morgan fingerprint density at radius 1 is 1.21 bits per heavy atom. The maximum atomic E-state index is 12.5. The molecule has 6 heteroatoms. The minimum atomic E-state index is -0.300. The summed E-state index contributed by atoms with van der Waals surface area (Å²) >= 11 is 0. The summed E-state index contributed by atoms with van der Waals surface area (Å²) in [5.41, 5.74) is 1.38. The van der Waals surface area contributed by atoms with Crippen molar-refractivity contribution >= 4 is 17.3 Å². The van der Waals surface area contributed by atoms with E-state index in [0.29, 0.717) is 18.9 Å². The molecule has 1 aliphatic rings. The summed E-state index contributed by atoms with van der Waals surface area (Å²) in [6.45, 7) is 1.20. The second-order valence-corrected chi connectivity index (χ2v) is 6.01. The number of aromatic nitrogens is 1. The highest BCUT2D eigenvalue weighted by atomic mass is 16.4. The number of aliphatic imine (C=N–C) groups is 1. The van der Waals surface area contributed by atoms with E-state index in [1.165, 1.54) is 0 Å². The highest BCUT2D eigenvalue weighted by molar-refractivity contribution is 6.51. The number of oxazole rings is 1. The Labute approximate surface area is 140 Å². The van der Waals surface area contributed by atoms with Gasteiger partial charge in [-0.3, -0.25) is 14.6 Å². The molecule has 1 heterocycles. The van der Waals surface area contributed by atoms with Crippen molar-refractivity contribution in [3.8, 4) is 0 Å². The van der Waals surface area contributed by atoms with Gasteiger partial charge in [-0.2, -0.15) is 0 Å². The Balaban J connectivity index is 1.82. The number of nitrogens with zero attached hydrogens (tertiary/aromatic N) is 3. The third kappa shape index (κ3) is 3.49. The van der Waals surface area contributed by atoms with E-state index in [9.17, 15) is 9.59 Å². The van der Waals surface area contributed by atoms with Crippen molar-refractivity contribution in [2.45, 2.75) is 12.8 Å². The summed E-state index contributed by atoms with van der Waals surface area (Å²) in [4.78, 5) is 35.2. The maximum Gasteiger partial charge on any atom is 0.229 e. The van der Waals surface area contributed by atoms with E-state index in [1.54, 1.807) is 0 Å². The molecule has 0 spiro atoms. The first-order valence-corrected chi connectivity index (χ1v) is 7.84. The van der Waals surface area contributed by atoms with Crippen molar-refractivity contribution in [3.05, 3.63) is 53.2 Å². The van der Waals surface area contributed by atoms with E-state index in [0.717, 1.165) is 12.1 Å². The lowest BCUT2D eigenvalue weighted by atomic mass is 9.97. The molecule has 0 atom stereocenters. The molecule has 0 saturated heterocycles. The van der Waals surface area contributed by atoms with Crippen LogP contribution in [0.15, 0.2) is 39.7 Å². The van der Waals surface area contributed by atoms with Gasteiger partial charge in [0, 0.05) is 13.0 Å². The van der Waals surface area contributed by atoms with Crippen molar-refractivity contribution in [3.63, 3.8) is 0 Å². The molecule has 0 unspecified atom stereocenters. The number of hydrogen-bond acceptors (Lipinski definition) is 6. The van der Waals surface area contributed by atoms with Crippen LogP contribution in [0.25, 0.3) is 0 Å². The predicted octanol–water partition coefficient (Wildman–Crippen LogP) is 2.04. The van der Waals surface area contributed by atoms with E-state index in [4.69, 9.17) is 4.42 Å². The van der Waals surface area contributed by atoms with E-state index >= 15 is 0 Å². The summed E-state index contributed by atoms with van der Waals surface area (Å²) in [7, 11) is 3.86. The zero-order valence-corrected chi connectivity index (χ0v) is 13.8. The number of likely N-dealkylation sites (N-methyl/N-ethyl adjacent to an activating group) is 1. The summed E-state index contributed by atoms with van der Waals surface area (Å²) < 4.78 is 5.54. The molecule has 0 saturated carbocycles. The van der Waals surface area contributed by atoms with Gasteiger partial charge in [-0.25, -0.2) is 4.98 Å². The van der Waals surface area contributed by atoms with E-state index in [-0.39, 0.29) is 35.2 Å². The van der Waals surface area contributed by atoms with Gasteiger partial charge in [0.05, 0.1) is 18.7 Å². The molecule has 0 N–H and O–H groups in total. The van der Waals surface area contributed by atoms with Crippen LogP contribution in [0.3, 0.4) is 0 Å². The molecule has 0 fully saturated rings. The van der Waals surface area contributed by atoms with Gasteiger partial charge in [-0.1, -0.05) is 30.3 Å². The maximum absolute atomic E-state index is 12.5. The topological polar surface area (TPSA) is 75.8 Å². The van der Waals surface area contributed by atoms with Gasteiger partial charge >= 0.3 is 0 Å². The van der Waals surface area contributed by atoms with Crippen LogP contribution in [0.2, 0.25) is 0 Å². The van der Waals surface area contributed by atoms with Crippen molar-refractivity contribution in [1.82, 2.24) is 9.88 Å². The lowest BCUT2D eigenvalue weighted by molar-refractivity contribution is 0.0939. The number of Topliss-reactive ketones (excluding diaryl/α,β-unsaturated/α-hetero) is 2. The third-order valence-electron chi connectivity index (χ3n) is 3.78. The van der Waals surface area contributed by atoms with Gasteiger partial charge in [-0.05, 0) is 19.7 Å². The number of carbonyl (C=O) groups excluding carboxylic acids is 2. The van der Waals surface area contributed by atoms with E-state index in [1.807, 2.05) is 49.3 Å². The Kier molecular flexibility index (Phi) is 4.66.